The first-order valence-corrected chi connectivity index (χ1v) is 23.0. The number of nitrogens with one attached hydrogen (secondary N) is 2. The molecule has 4 saturated carbocycles. The van der Waals surface area contributed by atoms with Gasteiger partial charge in [0.1, 0.15) is 13.2 Å². The molecule has 2 atom stereocenters. The number of rotatable bonds is 24. The lowest BCUT2D eigenvalue weighted by molar-refractivity contribution is -0.139. The zero-order valence-corrected chi connectivity index (χ0v) is 36.9. The smallest absolute Gasteiger partial charge is 0.407 e. The van der Waals surface area contributed by atoms with Gasteiger partial charge in [-0.2, -0.15) is 0 Å². The van der Waals surface area contributed by atoms with Gasteiger partial charge in [0.15, 0.2) is 12.2 Å². The lowest BCUT2D eigenvalue weighted by atomic mass is 9.70. The first-order valence-electron chi connectivity index (χ1n) is 23.0. The Bertz CT molecular complexity index is 1220. The van der Waals surface area contributed by atoms with Gasteiger partial charge in [0.2, 0.25) is 0 Å². The van der Waals surface area contributed by atoms with E-state index in [1.807, 2.05) is 0 Å². The molecule has 14 nitrogen and oxygen atoms in total. The predicted octanol–water partition coefficient (Wildman–Crippen LogP) is 7.90. The molecule has 0 aromatic carbocycles. The minimum absolute atomic E-state index is 0.0335. The van der Waals surface area contributed by atoms with Gasteiger partial charge in [-0.3, -0.25) is 0 Å². The average Bonchev–Trinajstić information content (AvgIpc) is 3.26. The second-order valence-electron chi connectivity index (χ2n) is 17.5. The maximum absolute atomic E-state index is 12.6. The van der Waals surface area contributed by atoms with Gasteiger partial charge in [-0.15, -0.1) is 0 Å². The minimum atomic E-state index is -0.587. The van der Waals surface area contributed by atoms with Gasteiger partial charge in [-0.25, -0.2) is 19.2 Å². The van der Waals surface area contributed by atoms with Gasteiger partial charge in [0.25, 0.3) is 0 Å². The van der Waals surface area contributed by atoms with E-state index in [0.29, 0.717) is 28.9 Å². The van der Waals surface area contributed by atoms with E-state index in [0.717, 1.165) is 103 Å². The molecule has 4 rings (SSSR count). The highest BCUT2D eigenvalue weighted by Gasteiger charge is 2.34. The van der Waals surface area contributed by atoms with Gasteiger partial charge in [-0.1, -0.05) is 58.6 Å². The number of hydrogen-bond acceptors (Lipinski definition) is 12. The van der Waals surface area contributed by atoms with E-state index in [1.54, 1.807) is 13.8 Å². The molecule has 14 heteroatoms. The van der Waals surface area contributed by atoms with Crippen LogP contribution < -0.4 is 10.6 Å². The number of amides is 2. The second kappa shape index (κ2) is 27.7. The summed E-state index contributed by atoms with van der Waals surface area (Å²) in [4.78, 5) is 48.5. The number of hydrogen-bond donors (Lipinski definition) is 2. The summed E-state index contributed by atoms with van der Waals surface area (Å²) in [6.07, 6.45) is 17.8. The van der Waals surface area contributed by atoms with Crippen LogP contribution in [0.5, 0.6) is 0 Å². The van der Waals surface area contributed by atoms with E-state index < -0.39 is 36.3 Å². The first-order chi connectivity index (χ1) is 29.0. The van der Waals surface area contributed by atoms with Crippen molar-refractivity contribution in [2.24, 2.45) is 17.8 Å². The number of alkyl carbamates (subject to hydrolysis) is 2. The highest BCUT2D eigenvalue weighted by atomic mass is 16.6. The second-order valence-corrected chi connectivity index (χ2v) is 17.5. The summed E-state index contributed by atoms with van der Waals surface area (Å²) in [5.74, 6) is 0.882. The number of carbonyl (C=O) groups is 4. The van der Waals surface area contributed by atoms with Crippen molar-refractivity contribution in [1.82, 2.24) is 10.6 Å². The van der Waals surface area contributed by atoms with Crippen LogP contribution in [-0.2, 0) is 47.5 Å². The molecule has 0 radical (unpaired) electrons. The lowest BCUT2D eigenvalue weighted by Gasteiger charge is -2.39. The molecule has 0 saturated heterocycles. The van der Waals surface area contributed by atoms with Crippen LogP contribution in [0.25, 0.3) is 0 Å². The Labute approximate surface area is 358 Å². The molecule has 0 aromatic heterocycles. The van der Waals surface area contributed by atoms with Crippen LogP contribution >= 0.6 is 0 Å². The van der Waals surface area contributed by atoms with Gasteiger partial charge in [0, 0.05) is 11.1 Å². The van der Waals surface area contributed by atoms with Crippen molar-refractivity contribution in [3.8, 4) is 0 Å². The van der Waals surface area contributed by atoms with Crippen LogP contribution in [0.1, 0.15) is 136 Å². The number of ether oxygens (including phenoxy) is 8. The van der Waals surface area contributed by atoms with Gasteiger partial charge in [-0.05, 0) is 109 Å². The van der Waals surface area contributed by atoms with Crippen LogP contribution in [0.15, 0.2) is 24.3 Å². The highest BCUT2D eigenvalue weighted by molar-refractivity contribution is 5.87. The summed E-state index contributed by atoms with van der Waals surface area (Å²) in [7, 11) is 0. The maximum atomic E-state index is 12.6. The minimum Gasteiger partial charge on any atom is -0.460 e. The molecule has 0 spiro atoms. The van der Waals surface area contributed by atoms with Crippen LogP contribution in [0.2, 0.25) is 0 Å². The molecular formula is C46H76N2O12. The average molecular weight is 849 g/mol. The van der Waals surface area contributed by atoms with Crippen LogP contribution in [0.4, 0.5) is 9.59 Å². The van der Waals surface area contributed by atoms with E-state index in [4.69, 9.17) is 37.9 Å². The van der Waals surface area contributed by atoms with Gasteiger partial charge < -0.3 is 48.5 Å². The molecule has 60 heavy (non-hydrogen) atoms. The quantitative estimate of drug-likeness (QED) is 0.0418. The third kappa shape index (κ3) is 19.2. The van der Waals surface area contributed by atoms with E-state index in [-0.39, 0.29) is 77.1 Å². The van der Waals surface area contributed by atoms with Crippen LogP contribution in [-0.4, -0.2) is 113 Å². The SMILES string of the molecule is C=C(C)C(=O)OCCNC(=O)OC(COC1CCCCC1)COC1CCC(C(C)C2CCC(OCC(COC3CCCCC3)OC(=O)NCCOC(=O)C(=C)C)CC2)CC1. The fraction of sp³-hybridized carbons (Fsp3) is 0.826. The molecule has 0 heterocycles. The van der Waals surface area contributed by atoms with E-state index in [2.05, 4.69) is 30.7 Å². The molecule has 2 N–H and O–H groups in total. The summed E-state index contributed by atoms with van der Waals surface area (Å²) in [5, 5.41) is 5.31. The zero-order chi connectivity index (χ0) is 43.1. The standard InChI is InChI=1S/C46H76N2O12/c1-32(2)43(49)53-26-24-47-45(51)59-41(28-55-37-12-8-6-9-13-37)30-57-39-20-16-35(17-21-39)34(5)36-18-22-40(23-19-36)58-31-42(29-56-38-14-10-7-11-15-38)60-46(52)48-25-27-54-44(50)33(3)4/h34-42H,1,3,6-31H2,2,4-5H3,(H,47,51)(H,48,52). The van der Waals surface area contributed by atoms with Crippen LogP contribution in [0.3, 0.4) is 0 Å². The number of carbonyl (C=O) groups excluding carboxylic acids is 4. The fourth-order valence-corrected chi connectivity index (χ4v) is 8.84. The Morgan fingerprint density at radius 3 is 1.13 bits per heavy atom. The molecule has 0 aliphatic heterocycles. The molecule has 342 valence electrons. The first kappa shape index (κ1) is 49.5. The molecule has 0 aromatic rings. The van der Waals surface area contributed by atoms with Crippen molar-refractivity contribution in [3.63, 3.8) is 0 Å². The third-order valence-corrected chi connectivity index (χ3v) is 12.6. The summed E-state index contributed by atoms with van der Waals surface area (Å²) in [6.45, 7) is 14.1. The Morgan fingerprint density at radius 2 is 0.817 bits per heavy atom. The lowest BCUT2D eigenvalue weighted by Crippen LogP contribution is -2.38. The Hall–Kier alpha value is -3.20. The molecule has 4 fully saturated rings. The van der Waals surface area contributed by atoms with E-state index in [9.17, 15) is 19.2 Å². The molecular weight excluding hydrogens is 773 g/mol. The maximum Gasteiger partial charge on any atom is 0.407 e. The van der Waals surface area contributed by atoms with Gasteiger partial charge >= 0.3 is 24.1 Å². The van der Waals surface area contributed by atoms with Crippen molar-refractivity contribution >= 4 is 24.1 Å². The summed E-state index contributed by atoms with van der Waals surface area (Å²) >= 11 is 0. The largest absolute Gasteiger partial charge is 0.460 e. The number of esters is 2. The van der Waals surface area contributed by atoms with Crippen molar-refractivity contribution < 1.29 is 57.1 Å². The van der Waals surface area contributed by atoms with E-state index >= 15 is 0 Å². The Balaban J connectivity index is 1.15. The Morgan fingerprint density at radius 1 is 0.500 bits per heavy atom. The van der Waals surface area contributed by atoms with Gasteiger partial charge in [0.05, 0.1) is 63.9 Å². The van der Waals surface area contributed by atoms with Crippen molar-refractivity contribution in [2.45, 2.75) is 173 Å². The van der Waals surface area contributed by atoms with E-state index in [1.165, 1.54) is 12.8 Å². The summed E-state index contributed by atoms with van der Waals surface area (Å²) in [5.41, 5.74) is 0.611. The summed E-state index contributed by atoms with van der Waals surface area (Å²) < 4.78 is 46.7. The molecule has 0 bridgehead atoms. The molecule has 4 aliphatic carbocycles. The molecule has 4 aliphatic rings. The normalized spacial score (nSPS) is 24.2. The summed E-state index contributed by atoms with van der Waals surface area (Å²) in [6, 6.07) is 0. The van der Waals surface area contributed by atoms with Crippen LogP contribution in [0, 0.1) is 17.8 Å². The fourth-order valence-electron chi connectivity index (χ4n) is 8.84. The third-order valence-electron chi connectivity index (χ3n) is 12.6. The topological polar surface area (TPSA) is 166 Å². The molecule has 2 amide bonds. The highest BCUT2D eigenvalue weighted by Crippen LogP contribution is 2.41. The monoisotopic (exact) mass is 849 g/mol. The Kier molecular flexibility index (Phi) is 22.8. The van der Waals surface area contributed by atoms with Crippen molar-refractivity contribution in [2.75, 3.05) is 52.7 Å². The molecule has 2 unspecified atom stereocenters. The van der Waals surface area contributed by atoms with Crippen molar-refractivity contribution in [1.29, 1.82) is 0 Å². The zero-order valence-electron chi connectivity index (χ0n) is 36.9. The predicted molar refractivity (Wildman–Crippen MR) is 226 cm³/mol. The van der Waals surface area contributed by atoms with Crippen molar-refractivity contribution in [3.05, 3.63) is 24.3 Å².